The molecule has 2 amide bonds. The van der Waals surface area contributed by atoms with Gasteiger partial charge in [0.15, 0.2) is 6.61 Å². The van der Waals surface area contributed by atoms with Crippen molar-refractivity contribution in [3.63, 3.8) is 0 Å². The first-order chi connectivity index (χ1) is 15.8. The van der Waals surface area contributed by atoms with Gasteiger partial charge in [0, 0.05) is 19.2 Å². The minimum absolute atomic E-state index is 0.00561. The van der Waals surface area contributed by atoms with E-state index < -0.39 is 24.4 Å². The minimum Gasteiger partial charge on any atom is -0.482 e. The third kappa shape index (κ3) is 6.82. The maximum atomic E-state index is 13.4. The van der Waals surface area contributed by atoms with E-state index in [0.717, 1.165) is 11.9 Å². The van der Waals surface area contributed by atoms with Crippen LogP contribution in [0.3, 0.4) is 0 Å². The molecule has 0 saturated heterocycles. The van der Waals surface area contributed by atoms with Crippen molar-refractivity contribution >= 4 is 17.8 Å². The molecule has 0 spiro atoms. The van der Waals surface area contributed by atoms with Crippen LogP contribution in [0.2, 0.25) is 0 Å². The number of carboxylic acid groups (broad SMARTS) is 1. The molecule has 1 heterocycles. The molecular formula is C23H21FN4O5. The monoisotopic (exact) mass is 452 g/mol. The van der Waals surface area contributed by atoms with Crippen LogP contribution in [-0.2, 0) is 17.9 Å². The molecule has 0 saturated carbocycles. The van der Waals surface area contributed by atoms with Gasteiger partial charge in [-0.3, -0.25) is 9.59 Å². The van der Waals surface area contributed by atoms with Gasteiger partial charge in [0.25, 0.3) is 11.8 Å². The van der Waals surface area contributed by atoms with E-state index in [4.69, 9.17) is 9.84 Å². The molecule has 3 rings (SSSR count). The van der Waals surface area contributed by atoms with Crippen LogP contribution >= 0.6 is 0 Å². The van der Waals surface area contributed by atoms with Gasteiger partial charge in [-0.25, -0.2) is 19.2 Å². The number of aliphatic carboxylic acids is 1. The number of nitrogens with one attached hydrogen (secondary N) is 2. The number of hydrogen-bond donors (Lipinski definition) is 3. The van der Waals surface area contributed by atoms with Crippen molar-refractivity contribution in [1.82, 2.24) is 20.6 Å². The molecule has 3 aromatic rings. The molecule has 0 bridgehead atoms. The second-order valence-electron chi connectivity index (χ2n) is 7.07. The summed E-state index contributed by atoms with van der Waals surface area (Å²) in [6, 6.07) is 12.4. The van der Waals surface area contributed by atoms with Crippen molar-refractivity contribution < 1.29 is 28.6 Å². The second-order valence-corrected chi connectivity index (χ2v) is 7.07. The Morgan fingerprint density at radius 3 is 2.18 bits per heavy atom. The fourth-order valence-electron chi connectivity index (χ4n) is 2.86. The lowest BCUT2D eigenvalue weighted by Gasteiger charge is -2.09. The first-order valence-corrected chi connectivity index (χ1v) is 9.89. The number of halogens is 1. The van der Waals surface area contributed by atoms with E-state index in [1.54, 1.807) is 43.3 Å². The van der Waals surface area contributed by atoms with E-state index in [2.05, 4.69) is 20.6 Å². The van der Waals surface area contributed by atoms with Gasteiger partial charge in [-0.15, -0.1) is 0 Å². The highest BCUT2D eigenvalue weighted by Crippen LogP contribution is 2.13. The van der Waals surface area contributed by atoms with Crippen LogP contribution in [0.5, 0.6) is 5.75 Å². The Labute approximate surface area is 188 Å². The molecule has 0 aliphatic rings. The van der Waals surface area contributed by atoms with E-state index >= 15 is 0 Å². The summed E-state index contributed by atoms with van der Waals surface area (Å²) in [6.45, 7) is 1.47. The summed E-state index contributed by atoms with van der Waals surface area (Å²) < 4.78 is 18.5. The number of carbonyl (C=O) groups is 3. The topological polar surface area (TPSA) is 131 Å². The molecule has 1 aromatic heterocycles. The van der Waals surface area contributed by atoms with Crippen molar-refractivity contribution in [3.05, 3.63) is 88.8 Å². The number of amides is 2. The van der Waals surface area contributed by atoms with Crippen LogP contribution < -0.4 is 15.4 Å². The number of aromatic nitrogens is 2. The molecule has 2 aromatic carbocycles. The van der Waals surface area contributed by atoms with E-state index in [0.29, 0.717) is 16.9 Å². The van der Waals surface area contributed by atoms with Crippen LogP contribution in [0.1, 0.15) is 37.7 Å². The van der Waals surface area contributed by atoms with Gasteiger partial charge in [0.1, 0.15) is 29.3 Å². The van der Waals surface area contributed by atoms with E-state index in [1.807, 2.05) is 0 Å². The molecule has 33 heavy (non-hydrogen) atoms. The third-order valence-electron chi connectivity index (χ3n) is 4.52. The molecule has 0 aliphatic heterocycles. The van der Waals surface area contributed by atoms with Gasteiger partial charge in [-0.1, -0.05) is 24.3 Å². The lowest BCUT2D eigenvalue weighted by atomic mass is 10.1. The standard InChI is InChI=1S/C23H21FN4O5/c1-14-7-16(5-6-18(14)24)11-26-23(32)20-9-19(27-13-28-20)22(31)25-10-15-3-2-4-17(8-15)33-12-21(29)30/h2-9,13H,10-12H2,1H3,(H,25,31)(H,26,32)(H,29,30). The number of aryl methyl sites for hydroxylation is 1. The SMILES string of the molecule is Cc1cc(CNC(=O)c2cc(C(=O)NCc3cccc(OCC(=O)O)c3)ncn2)ccc1F. The lowest BCUT2D eigenvalue weighted by molar-refractivity contribution is -0.139. The number of benzene rings is 2. The maximum Gasteiger partial charge on any atom is 0.341 e. The van der Waals surface area contributed by atoms with Gasteiger partial charge in [0.05, 0.1) is 0 Å². The van der Waals surface area contributed by atoms with Crippen molar-refractivity contribution in [3.8, 4) is 5.75 Å². The van der Waals surface area contributed by atoms with Gasteiger partial charge in [0.2, 0.25) is 0 Å². The Hall–Kier alpha value is -4.34. The molecular weight excluding hydrogens is 431 g/mol. The molecule has 0 unspecified atom stereocenters. The summed E-state index contributed by atoms with van der Waals surface area (Å²) in [4.78, 5) is 43.3. The quantitative estimate of drug-likeness (QED) is 0.454. The Morgan fingerprint density at radius 2 is 1.58 bits per heavy atom. The van der Waals surface area contributed by atoms with Gasteiger partial charge in [-0.05, 0) is 41.8 Å². The van der Waals surface area contributed by atoms with Gasteiger partial charge in [-0.2, -0.15) is 0 Å². The first kappa shape index (κ1) is 23.3. The number of nitrogens with zero attached hydrogens (tertiary/aromatic N) is 2. The number of carboxylic acids is 1. The number of carbonyl (C=O) groups excluding carboxylic acids is 2. The van der Waals surface area contributed by atoms with Crippen molar-refractivity contribution in [2.24, 2.45) is 0 Å². The molecule has 0 radical (unpaired) electrons. The summed E-state index contributed by atoms with van der Waals surface area (Å²) in [6.07, 6.45) is 1.12. The average molecular weight is 452 g/mol. The Balaban J connectivity index is 1.57. The average Bonchev–Trinajstić information content (AvgIpc) is 2.82. The van der Waals surface area contributed by atoms with Crippen LogP contribution in [0, 0.1) is 12.7 Å². The van der Waals surface area contributed by atoms with Crippen LogP contribution in [0.15, 0.2) is 54.9 Å². The summed E-state index contributed by atoms with van der Waals surface area (Å²) in [5.41, 5.74) is 1.91. The van der Waals surface area contributed by atoms with E-state index in [1.165, 1.54) is 12.1 Å². The predicted octanol–water partition coefficient (Wildman–Crippen LogP) is 2.25. The molecule has 9 nitrogen and oxygen atoms in total. The Bertz CT molecular complexity index is 1190. The zero-order valence-electron chi connectivity index (χ0n) is 17.7. The summed E-state index contributed by atoms with van der Waals surface area (Å²) in [5.74, 6) is -2.07. The van der Waals surface area contributed by atoms with Crippen molar-refractivity contribution in [2.75, 3.05) is 6.61 Å². The second kappa shape index (κ2) is 10.8. The van der Waals surface area contributed by atoms with Crippen molar-refractivity contribution in [1.29, 1.82) is 0 Å². The molecule has 170 valence electrons. The minimum atomic E-state index is -1.09. The van der Waals surface area contributed by atoms with Crippen LogP contribution in [-0.4, -0.2) is 39.5 Å². The Kier molecular flexibility index (Phi) is 7.64. The normalized spacial score (nSPS) is 10.4. The van der Waals surface area contributed by atoms with Gasteiger partial charge >= 0.3 is 5.97 Å². The molecule has 3 N–H and O–H groups in total. The smallest absolute Gasteiger partial charge is 0.341 e. The molecule has 0 aliphatic carbocycles. The summed E-state index contributed by atoms with van der Waals surface area (Å²) >= 11 is 0. The number of hydrogen-bond acceptors (Lipinski definition) is 6. The number of rotatable bonds is 9. The zero-order valence-corrected chi connectivity index (χ0v) is 17.7. The van der Waals surface area contributed by atoms with E-state index in [9.17, 15) is 18.8 Å². The highest BCUT2D eigenvalue weighted by Gasteiger charge is 2.13. The first-order valence-electron chi connectivity index (χ1n) is 9.89. The Morgan fingerprint density at radius 1 is 0.939 bits per heavy atom. The zero-order chi connectivity index (χ0) is 23.8. The predicted molar refractivity (Wildman–Crippen MR) is 115 cm³/mol. The van der Waals surface area contributed by atoms with Gasteiger partial charge < -0.3 is 20.5 Å². The largest absolute Gasteiger partial charge is 0.482 e. The fraction of sp³-hybridized carbons (Fsp3) is 0.174. The molecule has 0 fully saturated rings. The number of ether oxygens (including phenoxy) is 1. The lowest BCUT2D eigenvalue weighted by Crippen LogP contribution is -2.27. The molecule has 0 atom stereocenters. The van der Waals surface area contributed by atoms with Crippen molar-refractivity contribution in [2.45, 2.75) is 20.0 Å². The highest BCUT2D eigenvalue weighted by molar-refractivity contribution is 5.97. The van der Waals surface area contributed by atoms with E-state index in [-0.39, 0.29) is 30.3 Å². The highest BCUT2D eigenvalue weighted by atomic mass is 19.1. The summed E-state index contributed by atoms with van der Waals surface area (Å²) in [7, 11) is 0. The third-order valence-corrected chi connectivity index (χ3v) is 4.52. The van der Waals surface area contributed by atoms with Crippen LogP contribution in [0.25, 0.3) is 0 Å². The summed E-state index contributed by atoms with van der Waals surface area (Å²) in [5, 5.41) is 14.0. The molecule has 10 heteroatoms. The maximum absolute atomic E-state index is 13.4. The fourth-order valence-corrected chi connectivity index (χ4v) is 2.86. The van der Waals surface area contributed by atoms with Crippen LogP contribution in [0.4, 0.5) is 4.39 Å².